The Labute approximate surface area is 85.5 Å². The maximum atomic E-state index is 10.6. The lowest BCUT2D eigenvalue weighted by Gasteiger charge is -2.20. The number of thiazole rings is 1. The summed E-state index contributed by atoms with van der Waals surface area (Å²) in [5.41, 5.74) is 0. The number of hydrogen-bond acceptors (Lipinski definition) is 4. The number of ether oxygens (including phenoxy) is 1. The maximum absolute atomic E-state index is 10.6. The lowest BCUT2D eigenvalue weighted by atomic mass is 10.1. The Kier molecular flexibility index (Phi) is 2.79. The van der Waals surface area contributed by atoms with E-state index in [4.69, 9.17) is 9.84 Å². The average molecular weight is 213 g/mol. The molecule has 1 aliphatic heterocycles. The topological polar surface area (TPSA) is 59.4 Å². The van der Waals surface area contributed by atoms with Gasteiger partial charge in [-0.15, -0.1) is 11.3 Å². The molecule has 1 N–H and O–H groups in total. The van der Waals surface area contributed by atoms with E-state index in [9.17, 15) is 4.79 Å². The zero-order valence-corrected chi connectivity index (χ0v) is 8.42. The molecule has 14 heavy (non-hydrogen) atoms. The predicted octanol–water partition coefficient (Wildman–Crippen LogP) is 2.08. The number of aromatic carboxylic acids is 1. The van der Waals surface area contributed by atoms with Crippen LogP contribution in [0.15, 0.2) is 6.20 Å². The molecule has 1 saturated heterocycles. The molecular formula is C9H11NO3S. The molecule has 0 radical (unpaired) electrons. The van der Waals surface area contributed by atoms with Crippen molar-refractivity contribution in [2.45, 2.75) is 25.4 Å². The summed E-state index contributed by atoms with van der Waals surface area (Å²) in [6, 6.07) is 0. The highest BCUT2D eigenvalue weighted by molar-refractivity contribution is 7.13. The number of carbonyl (C=O) groups is 1. The smallest absolute Gasteiger partial charge is 0.347 e. The van der Waals surface area contributed by atoms with E-state index in [1.165, 1.54) is 17.5 Å². The van der Waals surface area contributed by atoms with Crippen molar-refractivity contribution in [1.82, 2.24) is 4.98 Å². The van der Waals surface area contributed by atoms with E-state index < -0.39 is 5.97 Å². The average Bonchev–Trinajstić information content (AvgIpc) is 2.68. The third kappa shape index (κ3) is 1.93. The van der Waals surface area contributed by atoms with Crippen LogP contribution in [0.5, 0.6) is 0 Å². The monoisotopic (exact) mass is 213 g/mol. The van der Waals surface area contributed by atoms with E-state index >= 15 is 0 Å². The normalized spacial score (nSPS) is 22.1. The molecule has 1 aliphatic rings. The SMILES string of the molecule is O=C(O)c1cnc(C2CCCCO2)s1. The zero-order chi connectivity index (χ0) is 9.97. The van der Waals surface area contributed by atoms with Gasteiger partial charge in [0.05, 0.1) is 6.20 Å². The highest BCUT2D eigenvalue weighted by Gasteiger charge is 2.20. The minimum absolute atomic E-state index is 0.0156. The largest absolute Gasteiger partial charge is 0.477 e. The van der Waals surface area contributed by atoms with Crippen LogP contribution in [0.2, 0.25) is 0 Å². The summed E-state index contributed by atoms with van der Waals surface area (Å²) < 4.78 is 5.51. The van der Waals surface area contributed by atoms with Gasteiger partial charge in [0.15, 0.2) is 0 Å². The Balaban J connectivity index is 2.11. The van der Waals surface area contributed by atoms with Gasteiger partial charge in [0, 0.05) is 6.61 Å². The van der Waals surface area contributed by atoms with Crippen molar-refractivity contribution >= 4 is 17.3 Å². The summed E-state index contributed by atoms with van der Waals surface area (Å²) in [7, 11) is 0. The first kappa shape index (κ1) is 9.61. The van der Waals surface area contributed by atoms with Crippen molar-refractivity contribution in [3.05, 3.63) is 16.1 Å². The summed E-state index contributed by atoms with van der Waals surface area (Å²) in [5, 5.41) is 9.52. The quantitative estimate of drug-likeness (QED) is 0.817. The first-order chi connectivity index (χ1) is 6.77. The van der Waals surface area contributed by atoms with Gasteiger partial charge in [0.1, 0.15) is 16.0 Å². The fourth-order valence-electron chi connectivity index (χ4n) is 1.47. The molecule has 0 aromatic carbocycles. The summed E-state index contributed by atoms with van der Waals surface area (Å²) >= 11 is 1.21. The third-order valence-electron chi connectivity index (χ3n) is 2.19. The van der Waals surface area contributed by atoms with Gasteiger partial charge in [0.2, 0.25) is 0 Å². The van der Waals surface area contributed by atoms with E-state index in [-0.39, 0.29) is 11.0 Å². The van der Waals surface area contributed by atoms with Crippen LogP contribution >= 0.6 is 11.3 Å². The van der Waals surface area contributed by atoms with Crippen molar-refractivity contribution in [1.29, 1.82) is 0 Å². The molecule has 1 unspecified atom stereocenters. The second-order valence-corrected chi connectivity index (χ2v) is 4.29. The molecule has 5 heteroatoms. The summed E-state index contributed by atoms with van der Waals surface area (Å²) in [6.45, 7) is 0.757. The van der Waals surface area contributed by atoms with Gasteiger partial charge in [0.25, 0.3) is 0 Å². The van der Waals surface area contributed by atoms with Crippen LogP contribution in [0, 0.1) is 0 Å². The third-order valence-corrected chi connectivity index (χ3v) is 3.27. The van der Waals surface area contributed by atoms with Crippen molar-refractivity contribution in [3.63, 3.8) is 0 Å². The van der Waals surface area contributed by atoms with Crippen LogP contribution in [0.1, 0.15) is 40.0 Å². The minimum Gasteiger partial charge on any atom is -0.477 e. The van der Waals surface area contributed by atoms with Crippen molar-refractivity contribution < 1.29 is 14.6 Å². The summed E-state index contributed by atoms with van der Waals surface area (Å²) in [6.07, 6.45) is 4.59. The molecular weight excluding hydrogens is 202 g/mol. The molecule has 0 amide bonds. The second-order valence-electron chi connectivity index (χ2n) is 3.22. The van der Waals surface area contributed by atoms with Crippen LogP contribution in [0.3, 0.4) is 0 Å². The van der Waals surface area contributed by atoms with Gasteiger partial charge in [-0.1, -0.05) is 0 Å². The molecule has 2 rings (SSSR count). The second kappa shape index (κ2) is 4.06. The van der Waals surface area contributed by atoms with Crippen LogP contribution in [0.25, 0.3) is 0 Å². The Morgan fingerprint density at radius 2 is 2.50 bits per heavy atom. The number of aromatic nitrogens is 1. The van der Waals surface area contributed by atoms with E-state index in [0.717, 1.165) is 30.9 Å². The van der Waals surface area contributed by atoms with E-state index in [1.54, 1.807) is 0 Å². The Morgan fingerprint density at radius 1 is 1.64 bits per heavy atom. The van der Waals surface area contributed by atoms with E-state index in [1.807, 2.05) is 0 Å². The molecule has 4 nitrogen and oxygen atoms in total. The van der Waals surface area contributed by atoms with Gasteiger partial charge in [-0.2, -0.15) is 0 Å². The van der Waals surface area contributed by atoms with Gasteiger partial charge in [-0.25, -0.2) is 9.78 Å². The Morgan fingerprint density at radius 3 is 3.07 bits per heavy atom. The molecule has 1 aromatic rings. The first-order valence-electron chi connectivity index (χ1n) is 4.58. The van der Waals surface area contributed by atoms with Gasteiger partial charge in [-0.05, 0) is 19.3 Å². The van der Waals surface area contributed by atoms with Crippen molar-refractivity contribution in [3.8, 4) is 0 Å². The number of carboxylic acids is 1. The molecule has 2 heterocycles. The van der Waals surface area contributed by atoms with Crippen LogP contribution in [-0.4, -0.2) is 22.7 Å². The highest BCUT2D eigenvalue weighted by atomic mass is 32.1. The molecule has 76 valence electrons. The van der Waals surface area contributed by atoms with Crippen molar-refractivity contribution in [2.24, 2.45) is 0 Å². The van der Waals surface area contributed by atoms with Crippen LogP contribution < -0.4 is 0 Å². The number of carboxylic acid groups (broad SMARTS) is 1. The lowest BCUT2D eigenvalue weighted by Crippen LogP contribution is -2.10. The van der Waals surface area contributed by atoms with Crippen molar-refractivity contribution in [2.75, 3.05) is 6.61 Å². The standard InChI is InChI=1S/C9H11NO3S/c11-9(12)7-5-10-8(14-7)6-3-1-2-4-13-6/h5-6H,1-4H2,(H,11,12). The molecule has 0 bridgehead atoms. The molecule has 0 spiro atoms. The molecule has 0 saturated carbocycles. The molecule has 1 aromatic heterocycles. The molecule has 0 aliphatic carbocycles. The number of rotatable bonds is 2. The number of nitrogens with zero attached hydrogens (tertiary/aromatic N) is 1. The van der Waals surface area contributed by atoms with E-state index in [2.05, 4.69) is 4.98 Å². The summed E-state index contributed by atoms with van der Waals surface area (Å²) in [5.74, 6) is -0.912. The Hall–Kier alpha value is -0.940. The number of hydrogen-bond donors (Lipinski definition) is 1. The van der Waals surface area contributed by atoms with Crippen LogP contribution in [0.4, 0.5) is 0 Å². The van der Waals surface area contributed by atoms with E-state index in [0.29, 0.717) is 0 Å². The minimum atomic E-state index is -0.912. The molecule has 1 fully saturated rings. The fraction of sp³-hybridized carbons (Fsp3) is 0.556. The lowest BCUT2D eigenvalue weighted by molar-refractivity contribution is 0.0148. The van der Waals surface area contributed by atoms with Crippen LogP contribution in [-0.2, 0) is 4.74 Å². The van der Waals surface area contributed by atoms with Gasteiger partial charge >= 0.3 is 5.97 Å². The van der Waals surface area contributed by atoms with Gasteiger partial charge < -0.3 is 9.84 Å². The predicted molar refractivity (Wildman–Crippen MR) is 51.6 cm³/mol. The van der Waals surface area contributed by atoms with Gasteiger partial charge in [-0.3, -0.25) is 0 Å². The summed E-state index contributed by atoms with van der Waals surface area (Å²) in [4.78, 5) is 15.0. The fourth-order valence-corrected chi connectivity index (χ4v) is 2.31. The molecule has 1 atom stereocenters. The highest BCUT2D eigenvalue weighted by Crippen LogP contribution is 2.30. The maximum Gasteiger partial charge on any atom is 0.347 e. The first-order valence-corrected chi connectivity index (χ1v) is 5.39. The zero-order valence-electron chi connectivity index (χ0n) is 7.60. The Bertz CT molecular complexity index is 331.